The van der Waals surface area contributed by atoms with Gasteiger partial charge in [-0.05, 0) is 76.9 Å². The molecule has 1 aliphatic rings. The molecule has 140 valence electrons. The quantitative estimate of drug-likeness (QED) is 0.249. The first-order valence-corrected chi connectivity index (χ1v) is 11.6. The van der Waals surface area contributed by atoms with Gasteiger partial charge in [0.05, 0.1) is 19.5 Å². The highest BCUT2D eigenvalue weighted by molar-refractivity contribution is 14.1. The smallest absolute Gasteiger partial charge is 0.214 e. The van der Waals surface area contributed by atoms with Crippen molar-refractivity contribution in [2.75, 3.05) is 0 Å². The minimum absolute atomic E-state index is 0.127. The average molecular weight is 507 g/mol. The molecule has 0 unspecified atom stereocenters. The van der Waals surface area contributed by atoms with E-state index in [-0.39, 0.29) is 9.80 Å². The number of benzene rings is 3. The number of halogens is 1. The van der Waals surface area contributed by atoms with Crippen molar-refractivity contribution in [3.05, 3.63) is 105 Å². The van der Waals surface area contributed by atoms with Crippen LogP contribution in [0.15, 0.2) is 110 Å². The fourth-order valence-corrected chi connectivity index (χ4v) is 5.11. The van der Waals surface area contributed by atoms with Crippen LogP contribution in [0.2, 0.25) is 0 Å². The first-order valence-electron chi connectivity index (χ1n) is 8.99. The molecule has 0 fully saturated rings. The van der Waals surface area contributed by atoms with E-state index in [1.54, 1.807) is 24.3 Å². The van der Waals surface area contributed by atoms with E-state index in [1.807, 2.05) is 36.4 Å². The Hall–Kier alpha value is -2.82. The molecule has 0 saturated carbocycles. The summed E-state index contributed by atoms with van der Waals surface area (Å²) in [6, 6.07) is 23.5. The van der Waals surface area contributed by atoms with Crippen molar-refractivity contribution in [2.45, 2.75) is 4.90 Å². The minimum Gasteiger partial charge on any atom is -0.309 e. The van der Waals surface area contributed by atoms with Crippen molar-refractivity contribution in [1.82, 2.24) is 4.57 Å². The standard InChI is InChI=1S/C24H14INO2S/c25-17-9-13-19(14-10-17)29(27,28)20-15-11-18(12-16-20)26-23-7-3-1-5-21(23)22-6-2-4-8-24(22)26/h1-9,11-13,15-16H. The van der Waals surface area contributed by atoms with Crippen molar-refractivity contribution < 1.29 is 8.42 Å². The van der Waals surface area contributed by atoms with Crippen LogP contribution in [0, 0.1) is 0 Å². The number of para-hydroxylation sites is 2. The normalized spacial score (nSPS) is 13.7. The fourth-order valence-electron chi connectivity index (χ4n) is 3.61. The van der Waals surface area contributed by atoms with Gasteiger partial charge in [-0.3, -0.25) is 0 Å². The first kappa shape index (κ1) is 18.2. The molecule has 1 heterocycles. The molecular weight excluding hydrogens is 493 g/mol. The van der Waals surface area contributed by atoms with Crippen LogP contribution in [-0.4, -0.2) is 13.0 Å². The molecule has 0 aliphatic heterocycles. The van der Waals surface area contributed by atoms with Crippen LogP contribution >= 0.6 is 22.6 Å². The molecule has 1 aromatic heterocycles. The van der Waals surface area contributed by atoms with Gasteiger partial charge in [-0.1, -0.05) is 42.1 Å². The summed E-state index contributed by atoms with van der Waals surface area (Å²) in [7, 11) is -3.63. The highest BCUT2D eigenvalue weighted by atomic mass is 127. The van der Waals surface area contributed by atoms with E-state index in [1.165, 1.54) is 10.8 Å². The van der Waals surface area contributed by atoms with Gasteiger partial charge in [0.15, 0.2) is 0 Å². The molecule has 0 N–H and O–H groups in total. The summed E-state index contributed by atoms with van der Waals surface area (Å²) in [5, 5.41) is 2.34. The molecule has 0 spiro atoms. The molecule has 0 saturated heterocycles. The SMILES string of the molecule is O=S(=O)(C1=C=C=C(I)C=C1)c1ccc(-n2c3ccccc3c3ccccc32)cc1. The molecule has 0 bridgehead atoms. The van der Waals surface area contributed by atoms with Gasteiger partial charge in [0, 0.05) is 16.5 Å². The van der Waals surface area contributed by atoms with Crippen molar-refractivity contribution in [3.63, 3.8) is 0 Å². The van der Waals surface area contributed by atoms with Crippen LogP contribution in [0.5, 0.6) is 0 Å². The number of hydrogen-bond acceptors (Lipinski definition) is 2. The Morgan fingerprint density at radius 1 is 0.724 bits per heavy atom. The summed E-state index contributed by atoms with van der Waals surface area (Å²) >= 11 is 2.08. The lowest BCUT2D eigenvalue weighted by molar-refractivity contribution is 0.603. The molecule has 0 amide bonds. The molecule has 3 nitrogen and oxygen atoms in total. The number of hydrogen-bond donors (Lipinski definition) is 0. The Morgan fingerprint density at radius 2 is 1.31 bits per heavy atom. The zero-order valence-corrected chi connectivity index (χ0v) is 18.1. The predicted molar refractivity (Wildman–Crippen MR) is 125 cm³/mol. The maximum absolute atomic E-state index is 12.9. The van der Waals surface area contributed by atoms with Crippen LogP contribution in [0.1, 0.15) is 0 Å². The lowest BCUT2D eigenvalue weighted by atomic mass is 10.2. The lowest BCUT2D eigenvalue weighted by Crippen LogP contribution is -2.04. The molecular formula is C24H14INO2S. The van der Waals surface area contributed by atoms with E-state index in [0.717, 1.165) is 20.3 Å². The summed E-state index contributed by atoms with van der Waals surface area (Å²) in [5.41, 5.74) is 8.66. The molecule has 1 aliphatic carbocycles. The lowest BCUT2D eigenvalue weighted by Gasteiger charge is -2.10. The zero-order valence-electron chi connectivity index (χ0n) is 15.1. The Morgan fingerprint density at radius 3 is 1.86 bits per heavy atom. The van der Waals surface area contributed by atoms with Gasteiger partial charge in [0.25, 0.3) is 0 Å². The van der Waals surface area contributed by atoms with Gasteiger partial charge in [-0.25, -0.2) is 8.42 Å². The summed E-state index contributed by atoms with van der Waals surface area (Å²) in [6.45, 7) is 0. The maximum Gasteiger partial charge on any atom is 0.214 e. The molecule has 0 atom stereocenters. The van der Waals surface area contributed by atoms with Crippen LogP contribution < -0.4 is 0 Å². The van der Waals surface area contributed by atoms with E-state index in [2.05, 4.69) is 62.9 Å². The Bertz CT molecular complexity index is 1470. The fraction of sp³-hybridized carbons (Fsp3) is 0. The van der Waals surface area contributed by atoms with Crippen LogP contribution in [-0.2, 0) is 9.84 Å². The monoisotopic (exact) mass is 507 g/mol. The molecule has 29 heavy (non-hydrogen) atoms. The molecule has 3 aromatic carbocycles. The zero-order chi connectivity index (χ0) is 20.0. The van der Waals surface area contributed by atoms with Gasteiger partial charge < -0.3 is 4.57 Å². The number of fused-ring (bicyclic) bond motifs is 3. The third-order valence-electron chi connectivity index (χ3n) is 4.96. The van der Waals surface area contributed by atoms with E-state index in [0.29, 0.717) is 0 Å². The second-order valence-electron chi connectivity index (χ2n) is 6.66. The Balaban J connectivity index is 1.67. The molecule has 5 rings (SSSR count). The van der Waals surface area contributed by atoms with Crippen LogP contribution in [0.3, 0.4) is 0 Å². The Labute approximate surface area is 182 Å². The number of allylic oxidation sites excluding steroid dienone is 3. The maximum atomic E-state index is 12.9. The largest absolute Gasteiger partial charge is 0.309 e. The summed E-state index contributed by atoms with van der Waals surface area (Å²) in [6.07, 6.45) is 3.28. The minimum atomic E-state index is -3.63. The summed E-state index contributed by atoms with van der Waals surface area (Å²) in [5.74, 6) is 0. The Kier molecular flexibility index (Phi) is 4.34. The van der Waals surface area contributed by atoms with Gasteiger partial charge >= 0.3 is 0 Å². The van der Waals surface area contributed by atoms with E-state index in [9.17, 15) is 8.42 Å². The molecule has 4 aromatic rings. The first-order chi connectivity index (χ1) is 14.1. The molecule has 0 radical (unpaired) electrons. The highest BCUT2D eigenvalue weighted by Gasteiger charge is 2.20. The number of rotatable bonds is 3. The number of nitrogens with zero attached hydrogens (tertiary/aromatic N) is 1. The van der Waals surface area contributed by atoms with E-state index < -0.39 is 9.84 Å². The van der Waals surface area contributed by atoms with Gasteiger partial charge in [-0.2, -0.15) is 0 Å². The summed E-state index contributed by atoms with van der Waals surface area (Å²) < 4.78 is 28.8. The van der Waals surface area contributed by atoms with Crippen molar-refractivity contribution in [1.29, 1.82) is 0 Å². The number of aromatic nitrogens is 1. The second kappa shape index (κ2) is 6.90. The third kappa shape index (κ3) is 3.00. The van der Waals surface area contributed by atoms with E-state index in [4.69, 9.17) is 0 Å². The van der Waals surface area contributed by atoms with Gasteiger partial charge in [0.1, 0.15) is 4.91 Å². The van der Waals surface area contributed by atoms with E-state index >= 15 is 0 Å². The van der Waals surface area contributed by atoms with Gasteiger partial charge in [-0.15, -0.1) is 0 Å². The topological polar surface area (TPSA) is 39.1 Å². The second-order valence-corrected chi connectivity index (χ2v) is 9.74. The number of sulfone groups is 1. The third-order valence-corrected chi connectivity index (χ3v) is 7.30. The molecule has 5 heteroatoms. The average Bonchev–Trinajstić information content (AvgIpc) is 3.09. The highest BCUT2D eigenvalue weighted by Crippen LogP contribution is 2.32. The van der Waals surface area contributed by atoms with Crippen molar-refractivity contribution >= 4 is 54.2 Å². The summed E-state index contributed by atoms with van der Waals surface area (Å²) in [4.78, 5) is 0.371. The van der Waals surface area contributed by atoms with Crippen LogP contribution in [0.25, 0.3) is 27.5 Å². The van der Waals surface area contributed by atoms with Crippen molar-refractivity contribution in [3.8, 4) is 5.69 Å². The van der Waals surface area contributed by atoms with Crippen LogP contribution in [0.4, 0.5) is 0 Å². The van der Waals surface area contributed by atoms with Gasteiger partial charge in [0.2, 0.25) is 9.84 Å². The predicted octanol–water partition coefficient (Wildman–Crippen LogP) is 6.08. The van der Waals surface area contributed by atoms with Crippen molar-refractivity contribution in [2.24, 2.45) is 0 Å².